The van der Waals surface area contributed by atoms with Gasteiger partial charge in [0.15, 0.2) is 5.76 Å². The predicted molar refractivity (Wildman–Crippen MR) is 54.9 cm³/mol. The van der Waals surface area contributed by atoms with E-state index in [0.29, 0.717) is 11.1 Å². The maximum Gasteiger partial charge on any atom is 0.228 e. The summed E-state index contributed by atoms with van der Waals surface area (Å²) in [4.78, 5) is 11.0. The number of allylic oxidation sites excluding steroid dienone is 2. The van der Waals surface area contributed by atoms with Crippen molar-refractivity contribution in [3.8, 4) is 0 Å². The molecule has 1 aromatic rings. The van der Waals surface area contributed by atoms with Crippen LogP contribution in [-0.4, -0.2) is 10.9 Å². The summed E-state index contributed by atoms with van der Waals surface area (Å²) in [6.45, 7) is 5.59. The van der Waals surface area contributed by atoms with E-state index in [1.165, 1.54) is 0 Å². The number of ketones is 1. The smallest absolute Gasteiger partial charge is 0.228 e. The van der Waals surface area contributed by atoms with Gasteiger partial charge >= 0.3 is 0 Å². The van der Waals surface area contributed by atoms with Gasteiger partial charge in [-0.15, -0.1) is 0 Å². The molecule has 1 aliphatic carbocycles. The van der Waals surface area contributed by atoms with Gasteiger partial charge in [-0.25, -0.2) is 0 Å². The number of Topliss-reactive ketones (excluding diaryl/α,β-unsaturated/α-hetero) is 1. The first kappa shape index (κ1) is 8.75. The maximum atomic E-state index is 11.0. The molecule has 2 heteroatoms. The molecule has 70 valence electrons. The van der Waals surface area contributed by atoms with Crippen LogP contribution in [0.2, 0.25) is 0 Å². The summed E-state index contributed by atoms with van der Waals surface area (Å²) < 4.78 is 0. The number of hydrogen-bond donors (Lipinski definition) is 1. The van der Waals surface area contributed by atoms with E-state index in [1.54, 1.807) is 0 Å². The van der Waals surface area contributed by atoms with Crippen LogP contribution >= 0.6 is 0 Å². The highest BCUT2D eigenvalue weighted by Crippen LogP contribution is 2.35. The van der Waals surface area contributed by atoms with Gasteiger partial charge in [0.05, 0.1) is 0 Å². The molecule has 0 bridgehead atoms. The quantitative estimate of drug-likeness (QED) is 0.684. The van der Waals surface area contributed by atoms with E-state index in [9.17, 15) is 9.90 Å². The highest BCUT2D eigenvalue weighted by molar-refractivity contribution is 6.30. The Morgan fingerprint density at radius 1 is 1.21 bits per heavy atom. The van der Waals surface area contributed by atoms with E-state index in [4.69, 9.17) is 0 Å². The minimum absolute atomic E-state index is 0.168. The molecule has 1 aromatic carbocycles. The SMILES string of the molecule is C=C1C(=O)C(O)=C1c1ccc(C)cc1. The standard InChI is InChI=1S/C12H10O2/c1-7-3-5-9(6-4-7)10-8(2)11(13)12(10)14/h3-6,14H,2H2,1H3. The second-order valence-corrected chi connectivity index (χ2v) is 3.40. The van der Waals surface area contributed by atoms with Crippen LogP contribution in [0.3, 0.4) is 0 Å². The molecule has 0 atom stereocenters. The zero-order valence-corrected chi connectivity index (χ0v) is 7.87. The van der Waals surface area contributed by atoms with E-state index < -0.39 is 0 Å². The molecule has 1 N–H and O–H groups in total. The number of carbonyl (C=O) groups excluding carboxylic acids is 1. The Balaban J connectivity index is 2.48. The first-order valence-electron chi connectivity index (χ1n) is 4.35. The second-order valence-electron chi connectivity index (χ2n) is 3.40. The Labute approximate surface area is 82.2 Å². The largest absolute Gasteiger partial charge is 0.504 e. The Morgan fingerprint density at radius 3 is 2.29 bits per heavy atom. The van der Waals surface area contributed by atoms with E-state index in [2.05, 4.69) is 6.58 Å². The van der Waals surface area contributed by atoms with E-state index in [0.717, 1.165) is 11.1 Å². The molecule has 0 unspecified atom stereocenters. The number of aryl methyl sites for hydroxylation is 1. The minimum atomic E-state index is -0.347. The first-order chi connectivity index (χ1) is 6.61. The van der Waals surface area contributed by atoms with Gasteiger partial charge in [-0.05, 0) is 12.5 Å². The number of benzene rings is 1. The van der Waals surface area contributed by atoms with Crippen molar-refractivity contribution in [3.63, 3.8) is 0 Å². The van der Waals surface area contributed by atoms with Crippen molar-refractivity contribution in [3.05, 3.63) is 53.3 Å². The lowest BCUT2D eigenvalue weighted by atomic mass is 9.84. The maximum absolute atomic E-state index is 11.0. The normalized spacial score (nSPS) is 15.8. The molecular formula is C12H10O2. The summed E-state index contributed by atoms with van der Waals surface area (Å²) in [6, 6.07) is 7.62. The number of aliphatic hydroxyl groups is 1. The Bertz CT molecular complexity index is 450. The van der Waals surface area contributed by atoms with E-state index in [-0.39, 0.29) is 11.5 Å². The van der Waals surface area contributed by atoms with Gasteiger partial charge in [-0.2, -0.15) is 0 Å². The fourth-order valence-electron chi connectivity index (χ4n) is 1.48. The molecule has 0 saturated carbocycles. The molecule has 2 rings (SSSR count). The van der Waals surface area contributed by atoms with Crippen molar-refractivity contribution >= 4 is 11.4 Å². The number of hydrogen-bond acceptors (Lipinski definition) is 2. The fraction of sp³-hybridized carbons (Fsp3) is 0.0833. The van der Waals surface area contributed by atoms with Crippen LogP contribution in [0, 0.1) is 6.92 Å². The average Bonchev–Trinajstić information content (AvgIpc) is 2.21. The zero-order chi connectivity index (χ0) is 10.3. The third kappa shape index (κ3) is 1.08. The number of carbonyl (C=O) groups is 1. The molecule has 0 heterocycles. The van der Waals surface area contributed by atoms with E-state index in [1.807, 2.05) is 31.2 Å². The third-order valence-electron chi connectivity index (χ3n) is 2.37. The summed E-state index contributed by atoms with van der Waals surface area (Å²) in [5, 5.41) is 9.34. The molecule has 0 spiro atoms. The minimum Gasteiger partial charge on any atom is -0.504 e. The van der Waals surface area contributed by atoms with Crippen molar-refractivity contribution in [2.24, 2.45) is 0 Å². The highest BCUT2D eigenvalue weighted by Gasteiger charge is 2.32. The molecule has 14 heavy (non-hydrogen) atoms. The lowest BCUT2D eigenvalue weighted by Crippen LogP contribution is -2.19. The fourth-order valence-corrected chi connectivity index (χ4v) is 1.48. The van der Waals surface area contributed by atoms with Crippen molar-refractivity contribution in [1.82, 2.24) is 0 Å². The van der Waals surface area contributed by atoms with Gasteiger partial charge in [0.2, 0.25) is 5.78 Å². The lowest BCUT2D eigenvalue weighted by molar-refractivity contribution is -0.115. The Morgan fingerprint density at radius 2 is 1.79 bits per heavy atom. The topological polar surface area (TPSA) is 37.3 Å². The van der Waals surface area contributed by atoms with Crippen molar-refractivity contribution in [2.75, 3.05) is 0 Å². The molecule has 1 aliphatic rings. The molecule has 0 aromatic heterocycles. The molecule has 2 nitrogen and oxygen atoms in total. The van der Waals surface area contributed by atoms with E-state index >= 15 is 0 Å². The number of aliphatic hydroxyl groups excluding tert-OH is 1. The zero-order valence-electron chi connectivity index (χ0n) is 7.87. The van der Waals surface area contributed by atoms with Gasteiger partial charge in [-0.3, -0.25) is 4.79 Å². The van der Waals surface area contributed by atoms with Crippen LogP contribution < -0.4 is 0 Å². The summed E-state index contributed by atoms with van der Waals surface area (Å²) in [6.07, 6.45) is 0. The molecular weight excluding hydrogens is 176 g/mol. The third-order valence-corrected chi connectivity index (χ3v) is 2.37. The van der Waals surface area contributed by atoms with Crippen LogP contribution in [0.5, 0.6) is 0 Å². The Hall–Kier alpha value is -1.83. The lowest BCUT2D eigenvalue weighted by Gasteiger charge is -2.20. The first-order valence-corrected chi connectivity index (χ1v) is 4.35. The van der Waals surface area contributed by atoms with Crippen molar-refractivity contribution in [2.45, 2.75) is 6.92 Å². The Kier molecular flexibility index (Phi) is 1.78. The van der Waals surface area contributed by atoms with Gasteiger partial charge in [0.25, 0.3) is 0 Å². The van der Waals surface area contributed by atoms with Crippen LogP contribution in [0.25, 0.3) is 5.57 Å². The van der Waals surface area contributed by atoms with Gasteiger partial charge in [0, 0.05) is 11.1 Å². The molecule has 0 amide bonds. The average molecular weight is 186 g/mol. The van der Waals surface area contributed by atoms with Gasteiger partial charge in [-0.1, -0.05) is 36.4 Å². The van der Waals surface area contributed by atoms with Gasteiger partial charge < -0.3 is 5.11 Å². The highest BCUT2D eigenvalue weighted by atomic mass is 16.3. The molecule has 0 fully saturated rings. The molecule has 0 saturated heterocycles. The summed E-state index contributed by atoms with van der Waals surface area (Å²) >= 11 is 0. The second kappa shape index (κ2) is 2.84. The van der Waals surface area contributed by atoms with Crippen molar-refractivity contribution in [1.29, 1.82) is 0 Å². The summed E-state index contributed by atoms with van der Waals surface area (Å²) in [7, 11) is 0. The van der Waals surface area contributed by atoms with Crippen LogP contribution in [0.1, 0.15) is 11.1 Å². The molecule has 0 radical (unpaired) electrons. The molecule has 0 aliphatic heterocycles. The monoisotopic (exact) mass is 186 g/mol. The van der Waals surface area contributed by atoms with Gasteiger partial charge in [0.1, 0.15) is 0 Å². The van der Waals surface area contributed by atoms with Crippen LogP contribution in [-0.2, 0) is 4.79 Å². The summed E-state index contributed by atoms with van der Waals surface area (Å²) in [5.74, 6) is -0.514. The number of rotatable bonds is 1. The summed E-state index contributed by atoms with van der Waals surface area (Å²) in [5.41, 5.74) is 2.96. The van der Waals surface area contributed by atoms with Crippen molar-refractivity contribution < 1.29 is 9.90 Å². The van der Waals surface area contributed by atoms with Crippen LogP contribution in [0.4, 0.5) is 0 Å². The predicted octanol–water partition coefficient (Wildman–Crippen LogP) is 2.40. The van der Waals surface area contributed by atoms with Crippen LogP contribution in [0.15, 0.2) is 42.2 Å².